The summed E-state index contributed by atoms with van der Waals surface area (Å²) >= 11 is 0. The van der Waals surface area contributed by atoms with E-state index in [-0.39, 0.29) is 26.4 Å². The highest BCUT2D eigenvalue weighted by atomic mass is 16.6. The molecule has 0 aliphatic heterocycles. The smallest absolute Gasteiger partial charge is 0.343 e. The zero-order chi connectivity index (χ0) is 47.2. The molecule has 0 bridgehead atoms. The van der Waals surface area contributed by atoms with Crippen LogP contribution in [-0.4, -0.2) is 75.5 Å². The van der Waals surface area contributed by atoms with Crippen molar-refractivity contribution in [1.82, 2.24) is 0 Å². The van der Waals surface area contributed by atoms with Crippen molar-refractivity contribution in [2.24, 2.45) is 0 Å². The topological polar surface area (TPSA) is 176 Å². The van der Waals surface area contributed by atoms with Crippen molar-refractivity contribution in [2.75, 3.05) is 39.6 Å². The van der Waals surface area contributed by atoms with Crippen LogP contribution in [0.4, 0.5) is 0 Å². The Morgan fingerprint density at radius 1 is 0.333 bits per heavy atom. The summed E-state index contributed by atoms with van der Waals surface area (Å²) in [6.07, 6.45) is 11.5. The summed E-state index contributed by atoms with van der Waals surface area (Å²) < 4.78 is 43.0. The number of esters is 6. The number of ether oxygens (including phenoxy) is 8. The van der Waals surface area contributed by atoms with Gasteiger partial charge in [0.2, 0.25) is 0 Å². The molecule has 352 valence electrons. The van der Waals surface area contributed by atoms with E-state index >= 15 is 0 Å². The molecule has 0 saturated carbocycles. The van der Waals surface area contributed by atoms with Gasteiger partial charge in [0.1, 0.15) is 23.0 Å². The minimum atomic E-state index is -0.650. The molecule has 66 heavy (non-hydrogen) atoms. The Morgan fingerprint density at radius 3 is 0.939 bits per heavy atom. The van der Waals surface area contributed by atoms with E-state index in [0.717, 1.165) is 63.5 Å². The van der Waals surface area contributed by atoms with Crippen molar-refractivity contribution in [3.05, 3.63) is 131 Å². The van der Waals surface area contributed by atoms with Gasteiger partial charge in [0.05, 0.1) is 61.9 Å². The highest BCUT2D eigenvalue weighted by Gasteiger charge is 2.14. The first kappa shape index (κ1) is 51.7. The molecule has 14 heteroatoms. The van der Waals surface area contributed by atoms with Crippen molar-refractivity contribution in [2.45, 2.75) is 90.9 Å². The summed E-state index contributed by atoms with van der Waals surface area (Å²) in [4.78, 5) is 73.8. The molecule has 0 saturated heterocycles. The van der Waals surface area contributed by atoms with Gasteiger partial charge in [-0.15, -0.1) is 0 Å². The fourth-order valence-electron chi connectivity index (χ4n) is 5.88. The molecule has 0 spiro atoms. The van der Waals surface area contributed by atoms with Crippen molar-refractivity contribution >= 4 is 35.8 Å². The molecule has 0 radical (unpaired) electrons. The highest BCUT2D eigenvalue weighted by Crippen LogP contribution is 2.20. The summed E-state index contributed by atoms with van der Waals surface area (Å²) in [5.41, 5.74) is 1.42. The lowest BCUT2D eigenvalue weighted by atomic mass is 10.2. The number of rotatable bonds is 30. The third-order valence-corrected chi connectivity index (χ3v) is 9.70. The summed E-state index contributed by atoms with van der Waals surface area (Å²) in [5, 5.41) is 0. The van der Waals surface area contributed by atoms with Crippen LogP contribution in [0.5, 0.6) is 23.0 Å². The molecular weight excluding hydrogens is 849 g/mol. The van der Waals surface area contributed by atoms with Crippen LogP contribution >= 0.6 is 0 Å². The van der Waals surface area contributed by atoms with E-state index in [1.165, 1.54) is 48.5 Å². The van der Waals surface area contributed by atoms with E-state index < -0.39 is 35.8 Å². The van der Waals surface area contributed by atoms with Gasteiger partial charge in [-0.05, 0) is 161 Å². The Labute approximate surface area is 386 Å². The van der Waals surface area contributed by atoms with Crippen LogP contribution in [0.25, 0.3) is 0 Å². The number of hydrogen-bond acceptors (Lipinski definition) is 14. The molecule has 0 aliphatic rings. The van der Waals surface area contributed by atoms with Gasteiger partial charge in [-0.2, -0.15) is 0 Å². The Balaban J connectivity index is 0.948. The number of unbranched alkanes of at least 4 members (excludes halogenated alkanes) is 8. The Bertz CT molecular complexity index is 1970. The van der Waals surface area contributed by atoms with Crippen LogP contribution in [-0.2, 0) is 28.5 Å². The van der Waals surface area contributed by atoms with Gasteiger partial charge in [-0.3, -0.25) is 0 Å². The largest absolute Gasteiger partial charge is 0.494 e. The highest BCUT2D eigenvalue weighted by molar-refractivity contribution is 5.93. The first-order chi connectivity index (χ1) is 32.1. The second kappa shape index (κ2) is 30.2. The van der Waals surface area contributed by atoms with E-state index in [1.807, 2.05) is 0 Å². The molecule has 0 amide bonds. The van der Waals surface area contributed by atoms with Crippen LogP contribution in [0.3, 0.4) is 0 Å². The third kappa shape index (κ3) is 20.3. The number of carbonyl (C=O) groups excluding carboxylic acids is 6. The summed E-state index contributed by atoms with van der Waals surface area (Å²) in [5.74, 6) is -1.35. The monoisotopic (exact) mass is 908 g/mol. The molecule has 0 unspecified atom stereocenters. The van der Waals surface area contributed by atoms with Gasteiger partial charge in [0.15, 0.2) is 0 Å². The van der Waals surface area contributed by atoms with E-state index in [1.54, 1.807) is 48.5 Å². The SMILES string of the molecule is CCCCOc1ccc(C(=O)Oc2ccc(C(=O)OCCCCCCOC(=O)/C=C/C(=O)OCCCCCCOC(=O)c3ccc(OC(=O)c4ccc(OCCCC)cc4)cc3)cc2)cc1. The molecule has 0 atom stereocenters. The maximum absolute atomic E-state index is 12.5. The number of hydrogen-bond donors (Lipinski definition) is 0. The summed E-state index contributed by atoms with van der Waals surface area (Å²) in [6.45, 7) is 6.21. The van der Waals surface area contributed by atoms with Crippen molar-refractivity contribution in [3.63, 3.8) is 0 Å². The third-order valence-electron chi connectivity index (χ3n) is 9.70. The minimum Gasteiger partial charge on any atom is -0.494 e. The van der Waals surface area contributed by atoms with Gasteiger partial charge in [-0.25, -0.2) is 28.8 Å². The number of benzene rings is 4. The maximum Gasteiger partial charge on any atom is 0.343 e. The molecule has 4 aromatic rings. The standard InChI is InChI=1S/C52H60O14/c1-3-5-33-59-43-23-15-41(16-24-43)51(57)65-45-27-19-39(20-28-45)49(55)63-37-13-9-7-11-35-61-47(53)31-32-48(54)62-36-12-8-10-14-38-64-50(56)40-21-29-46(30-22-40)66-52(58)42-17-25-44(26-18-42)60-34-6-4-2/h15-32H,3-14,33-38H2,1-2H3/b32-31+. The molecule has 0 heterocycles. The van der Waals surface area contributed by atoms with Crippen molar-refractivity contribution in [3.8, 4) is 23.0 Å². The van der Waals surface area contributed by atoms with E-state index in [4.69, 9.17) is 37.9 Å². The second-order valence-corrected chi connectivity index (χ2v) is 15.0. The fraction of sp³-hybridized carbons (Fsp3) is 0.385. The molecule has 4 aromatic carbocycles. The van der Waals surface area contributed by atoms with Gasteiger partial charge in [0.25, 0.3) is 0 Å². The fourth-order valence-corrected chi connectivity index (χ4v) is 5.88. The quantitative estimate of drug-likeness (QED) is 0.0159. The molecule has 14 nitrogen and oxygen atoms in total. The first-order valence-corrected chi connectivity index (χ1v) is 22.6. The van der Waals surface area contributed by atoms with Crippen LogP contribution in [0.15, 0.2) is 109 Å². The Hall–Kier alpha value is -6.96. The second-order valence-electron chi connectivity index (χ2n) is 15.0. The van der Waals surface area contributed by atoms with Crippen LogP contribution in [0.1, 0.15) is 132 Å². The normalized spacial score (nSPS) is 10.8. The zero-order valence-corrected chi connectivity index (χ0v) is 37.8. The van der Waals surface area contributed by atoms with Gasteiger partial charge in [-0.1, -0.05) is 26.7 Å². The maximum atomic E-state index is 12.5. The van der Waals surface area contributed by atoms with Gasteiger partial charge < -0.3 is 37.9 Å². The van der Waals surface area contributed by atoms with Crippen LogP contribution in [0.2, 0.25) is 0 Å². The summed E-state index contributed by atoms with van der Waals surface area (Å²) in [6, 6.07) is 25.7. The van der Waals surface area contributed by atoms with E-state index in [9.17, 15) is 28.8 Å². The molecule has 4 rings (SSSR count). The van der Waals surface area contributed by atoms with Crippen molar-refractivity contribution < 1.29 is 66.7 Å². The summed E-state index contributed by atoms with van der Waals surface area (Å²) in [7, 11) is 0. The average Bonchev–Trinajstić information content (AvgIpc) is 3.33. The van der Waals surface area contributed by atoms with Gasteiger partial charge in [0, 0.05) is 12.2 Å². The Morgan fingerprint density at radius 2 is 0.621 bits per heavy atom. The molecule has 0 aliphatic carbocycles. The average molecular weight is 909 g/mol. The van der Waals surface area contributed by atoms with E-state index in [0.29, 0.717) is 84.1 Å². The van der Waals surface area contributed by atoms with E-state index in [2.05, 4.69) is 13.8 Å². The predicted octanol–water partition coefficient (Wildman–Crippen LogP) is 10.3. The van der Waals surface area contributed by atoms with Crippen molar-refractivity contribution in [1.29, 1.82) is 0 Å². The molecule has 0 aromatic heterocycles. The Kier molecular flexibility index (Phi) is 23.7. The lowest BCUT2D eigenvalue weighted by molar-refractivity contribution is -0.140. The first-order valence-electron chi connectivity index (χ1n) is 22.6. The van der Waals surface area contributed by atoms with Crippen LogP contribution < -0.4 is 18.9 Å². The lowest BCUT2D eigenvalue weighted by Crippen LogP contribution is -2.09. The minimum absolute atomic E-state index is 0.179. The molecular formula is C52H60O14. The lowest BCUT2D eigenvalue weighted by Gasteiger charge is -2.08. The molecule has 0 N–H and O–H groups in total. The van der Waals surface area contributed by atoms with Crippen LogP contribution in [0, 0.1) is 0 Å². The van der Waals surface area contributed by atoms with Gasteiger partial charge >= 0.3 is 35.8 Å². The zero-order valence-electron chi connectivity index (χ0n) is 37.8. The number of carbonyl (C=O) groups is 6. The predicted molar refractivity (Wildman–Crippen MR) is 245 cm³/mol. The molecule has 0 fully saturated rings.